The molecule has 7 aromatic carbocycles. The van der Waals surface area contributed by atoms with Crippen LogP contribution >= 0.6 is 0 Å². The van der Waals surface area contributed by atoms with Crippen LogP contribution in [0.15, 0.2) is 140 Å². The van der Waals surface area contributed by atoms with Gasteiger partial charge in [-0.25, -0.2) is 4.98 Å². The molecular weight excluding hydrogens is 510 g/mol. The third kappa shape index (κ3) is 2.77. The summed E-state index contributed by atoms with van der Waals surface area (Å²) in [4.78, 5) is 5.18. The Kier molecular flexibility index (Phi) is 4.18. The van der Waals surface area contributed by atoms with Gasteiger partial charge >= 0.3 is 0 Å². The predicted octanol–water partition coefficient (Wildman–Crippen LogP) is 10.2. The fourth-order valence-electron chi connectivity index (χ4n) is 7.24. The lowest BCUT2D eigenvalue weighted by atomic mass is 10.0. The minimum Gasteiger partial charge on any atom is -0.307 e. The predicted molar refractivity (Wildman–Crippen MR) is 177 cm³/mol. The minimum absolute atomic E-state index is 0.994. The lowest BCUT2D eigenvalue weighted by Crippen LogP contribution is -1.98. The molecule has 0 aliphatic rings. The molecule has 3 aromatic heterocycles. The van der Waals surface area contributed by atoms with Crippen molar-refractivity contribution in [3.63, 3.8) is 0 Å². The summed E-state index contributed by atoms with van der Waals surface area (Å²) < 4.78 is 4.85. The van der Waals surface area contributed by atoms with Gasteiger partial charge in [0, 0.05) is 27.2 Å². The monoisotopic (exact) mass is 533 g/mol. The standard InChI is InChI=1S/C39H23N3/c1-2-10-27-24(9-1)17-18-25-23-26(19-20-28(25)27)41-35-15-7-5-12-30(35)32-22-21-31-29-11-3-4-13-33(29)39-40-34-14-6-8-16-36(34)42(39)38(31)37(32)41/h1-23H. The molecule has 3 heteroatoms. The third-order valence-electron chi connectivity index (χ3n) is 9.04. The molecule has 42 heavy (non-hydrogen) atoms. The van der Waals surface area contributed by atoms with Crippen molar-refractivity contribution in [2.24, 2.45) is 0 Å². The van der Waals surface area contributed by atoms with Crippen LogP contribution in [0.2, 0.25) is 0 Å². The van der Waals surface area contributed by atoms with Crippen LogP contribution in [0.4, 0.5) is 0 Å². The van der Waals surface area contributed by atoms with E-state index in [0.29, 0.717) is 0 Å². The van der Waals surface area contributed by atoms with Gasteiger partial charge in [-0.05, 0) is 57.3 Å². The number of hydrogen-bond donors (Lipinski definition) is 0. The first-order valence-corrected chi connectivity index (χ1v) is 14.4. The summed E-state index contributed by atoms with van der Waals surface area (Å²) >= 11 is 0. The van der Waals surface area contributed by atoms with E-state index in [1.165, 1.54) is 65.0 Å². The lowest BCUT2D eigenvalue weighted by molar-refractivity contribution is 1.18. The molecule has 0 saturated heterocycles. The van der Waals surface area contributed by atoms with Crippen molar-refractivity contribution < 1.29 is 0 Å². The van der Waals surface area contributed by atoms with Crippen molar-refractivity contribution >= 4 is 81.7 Å². The van der Waals surface area contributed by atoms with E-state index in [9.17, 15) is 0 Å². The van der Waals surface area contributed by atoms with Crippen molar-refractivity contribution in [2.75, 3.05) is 0 Å². The summed E-state index contributed by atoms with van der Waals surface area (Å²) in [7, 11) is 0. The number of benzene rings is 7. The van der Waals surface area contributed by atoms with E-state index >= 15 is 0 Å². The van der Waals surface area contributed by atoms with E-state index in [1.54, 1.807) is 0 Å². The highest BCUT2D eigenvalue weighted by Gasteiger charge is 2.21. The molecule has 0 bridgehead atoms. The Morgan fingerprint density at radius 3 is 1.90 bits per heavy atom. The van der Waals surface area contributed by atoms with Crippen LogP contribution in [0.1, 0.15) is 0 Å². The van der Waals surface area contributed by atoms with Gasteiger partial charge < -0.3 is 4.57 Å². The Hall–Kier alpha value is -5.67. The number of para-hydroxylation sites is 3. The molecule has 0 saturated carbocycles. The van der Waals surface area contributed by atoms with Gasteiger partial charge in [0.1, 0.15) is 5.65 Å². The molecule has 0 unspecified atom stereocenters. The molecule has 0 N–H and O–H groups in total. The van der Waals surface area contributed by atoms with Gasteiger partial charge in [-0.2, -0.15) is 0 Å². The maximum absolute atomic E-state index is 5.18. The molecule has 10 rings (SSSR count). The Morgan fingerprint density at radius 1 is 0.405 bits per heavy atom. The van der Waals surface area contributed by atoms with Gasteiger partial charge in [-0.15, -0.1) is 0 Å². The second kappa shape index (κ2) is 7.96. The molecule has 0 spiro atoms. The molecule has 10 aromatic rings. The Morgan fingerprint density at radius 2 is 1.02 bits per heavy atom. The van der Waals surface area contributed by atoms with Crippen molar-refractivity contribution in [2.45, 2.75) is 0 Å². The quantitative estimate of drug-likeness (QED) is 0.192. The van der Waals surface area contributed by atoms with E-state index < -0.39 is 0 Å². The smallest absolute Gasteiger partial charge is 0.146 e. The Labute approximate surface area is 240 Å². The number of aromatic nitrogens is 3. The topological polar surface area (TPSA) is 22.2 Å². The number of fused-ring (bicyclic) bond motifs is 15. The van der Waals surface area contributed by atoms with Gasteiger partial charge in [0.05, 0.1) is 27.6 Å². The number of nitrogens with zero attached hydrogens (tertiary/aromatic N) is 3. The molecule has 194 valence electrons. The van der Waals surface area contributed by atoms with Crippen LogP contribution in [-0.4, -0.2) is 14.0 Å². The number of rotatable bonds is 1. The van der Waals surface area contributed by atoms with Gasteiger partial charge in [0.25, 0.3) is 0 Å². The first kappa shape index (κ1) is 22.1. The Balaban J connectivity index is 1.46. The number of imidazole rings is 1. The highest BCUT2D eigenvalue weighted by molar-refractivity contribution is 6.24. The molecule has 0 radical (unpaired) electrons. The third-order valence-corrected chi connectivity index (χ3v) is 9.04. The molecule has 0 aliphatic heterocycles. The van der Waals surface area contributed by atoms with Crippen LogP contribution in [0.25, 0.3) is 87.4 Å². The van der Waals surface area contributed by atoms with Crippen LogP contribution < -0.4 is 0 Å². The zero-order valence-electron chi connectivity index (χ0n) is 22.6. The SMILES string of the molecule is c1ccc2c(c1)ccc1cc(-n3c4ccccc4c4ccc5c6ccccc6c6nc7ccccc7n6c5c43)ccc12. The van der Waals surface area contributed by atoms with Crippen LogP contribution in [-0.2, 0) is 0 Å². The normalized spacial score (nSPS) is 12.3. The van der Waals surface area contributed by atoms with Crippen molar-refractivity contribution in [3.8, 4) is 5.69 Å². The summed E-state index contributed by atoms with van der Waals surface area (Å²) in [5, 5.41) is 11.2. The van der Waals surface area contributed by atoms with Crippen molar-refractivity contribution in [3.05, 3.63) is 140 Å². The van der Waals surface area contributed by atoms with Gasteiger partial charge in [0.2, 0.25) is 0 Å². The largest absolute Gasteiger partial charge is 0.307 e. The van der Waals surface area contributed by atoms with Gasteiger partial charge in [-0.3, -0.25) is 4.40 Å². The van der Waals surface area contributed by atoms with E-state index in [-0.39, 0.29) is 0 Å². The van der Waals surface area contributed by atoms with E-state index in [0.717, 1.165) is 22.4 Å². The number of hydrogen-bond acceptors (Lipinski definition) is 1. The summed E-state index contributed by atoms with van der Waals surface area (Å²) in [6.07, 6.45) is 0. The number of pyridine rings is 1. The van der Waals surface area contributed by atoms with E-state index in [4.69, 9.17) is 4.98 Å². The molecule has 0 amide bonds. The highest BCUT2D eigenvalue weighted by atomic mass is 15.1. The van der Waals surface area contributed by atoms with Crippen LogP contribution in [0, 0.1) is 0 Å². The van der Waals surface area contributed by atoms with Crippen LogP contribution in [0.5, 0.6) is 0 Å². The average Bonchev–Trinajstić information content (AvgIpc) is 3.61. The fraction of sp³-hybridized carbons (Fsp3) is 0. The minimum atomic E-state index is 0.994. The molecule has 3 heterocycles. The van der Waals surface area contributed by atoms with Gasteiger partial charge in [0.15, 0.2) is 0 Å². The maximum Gasteiger partial charge on any atom is 0.146 e. The van der Waals surface area contributed by atoms with E-state index in [1.807, 2.05) is 0 Å². The van der Waals surface area contributed by atoms with Gasteiger partial charge in [-0.1, -0.05) is 109 Å². The molecule has 0 atom stereocenters. The fourth-order valence-corrected chi connectivity index (χ4v) is 7.24. The summed E-state index contributed by atoms with van der Waals surface area (Å²) in [6, 6.07) is 50.6. The van der Waals surface area contributed by atoms with Crippen molar-refractivity contribution in [1.29, 1.82) is 0 Å². The molecular formula is C39H23N3. The van der Waals surface area contributed by atoms with E-state index in [2.05, 4.69) is 148 Å². The lowest BCUT2D eigenvalue weighted by Gasteiger charge is -2.14. The molecule has 3 nitrogen and oxygen atoms in total. The molecule has 0 aliphatic carbocycles. The second-order valence-electron chi connectivity index (χ2n) is 11.2. The second-order valence-corrected chi connectivity index (χ2v) is 11.2. The first-order chi connectivity index (χ1) is 20.8. The summed E-state index contributed by atoms with van der Waals surface area (Å²) in [5.74, 6) is 0. The zero-order valence-corrected chi connectivity index (χ0v) is 22.6. The molecule has 0 fully saturated rings. The zero-order chi connectivity index (χ0) is 27.4. The Bertz CT molecular complexity index is 2740. The average molecular weight is 534 g/mol. The summed E-state index contributed by atoms with van der Waals surface area (Å²) in [5.41, 5.74) is 7.86. The maximum atomic E-state index is 5.18. The van der Waals surface area contributed by atoms with Crippen molar-refractivity contribution in [1.82, 2.24) is 14.0 Å². The first-order valence-electron chi connectivity index (χ1n) is 14.4. The van der Waals surface area contributed by atoms with Crippen LogP contribution in [0.3, 0.4) is 0 Å². The highest BCUT2D eigenvalue weighted by Crippen LogP contribution is 2.41. The summed E-state index contributed by atoms with van der Waals surface area (Å²) in [6.45, 7) is 0.